The van der Waals surface area contributed by atoms with Crippen LogP contribution in [0.2, 0.25) is 0 Å². The molecule has 0 saturated carbocycles. The van der Waals surface area contributed by atoms with E-state index in [9.17, 15) is 0 Å². The van der Waals surface area contributed by atoms with Gasteiger partial charge in [-0.1, -0.05) is 80.6 Å². The lowest BCUT2D eigenvalue weighted by Crippen LogP contribution is -1.98. The summed E-state index contributed by atoms with van der Waals surface area (Å²) in [5, 5.41) is 1.29. The van der Waals surface area contributed by atoms with Gasteiger partial charge >= 0.3 is 0 Å². The zero-order chi connectivity index (χ0) is 25.5. The molecule has 0 aliphatic carbocycles. The number of aromatic nitrogens is 2. The minimum absolute atomic E-state index is 1.02. The third-order valence-electron chi connectivity index (χ3n) is 7.63. The van der Waals surface area contributed by atoms with Gasteiger partial charge in [0.2, 0.25) is 0 Å². The van der Waals surface area contributed by atoms with Crippen LogP contribution in [0, 0.1) is 13.8 Å². The number of pyridine rings is 2. The smallest absolute Gasteiger partial charge is 0.0795 e. The number of benzene rings is 3. The van der Waals surface area contributed by atoms with Gasteiger partial charge in [-0.3, -0.25) is 4.98 Å². The Morgan fingerprint density at radius 2 is 1.30 bits per heavy atom. The first-order valence-electron chi connectivity index (χ1n) is 13.3. The maximum Gasteiger partial charge on any atom is 0.0795 e. The molecule has 0 N–H and O–H groups in total. The van der Waals surface area contributed by atoms with Crippen molar-refractivity contribution in [3.63, 3.8) is 0 Å². The molecular formula is C35H32N2. The molecule has 6 rings (SSSR count). The topological polar surface area (TPSA) is 17.3 Å². The van der Waals surface area contributed by atoms with Crippen molar-refractivity contribution in [1.82, 2.24) is 9.38 Å². The van der Waals surface area contributed by atoms with E-state index in [0.29, 0.717) is 0 Å². The second kappa shape index (κ2) is 9.37. The predicted octanol–water partition coefficient (Wildman–Crippen LogP) is 9.23. The Kier molecular flexibility index (Phi) is 5.88. The van der Waals surface area contributed by atoms with E-state index < -0.39 is 0 Å². The summed E-state index contributed by atoms with van der Waals surface area (Å²) in [6, 6.07) is 33.6. The van der Waals surface area contributed by atoms with Crippen molar-refractivity contribution in [2.75, 3.05) is 0 Å². The molecule has 0 aliphatic rings. The molecule has 37 heavy (non-hydrogen) atoms. The average Bonchev–Trinajstić information content (AvgIpc) is 3.24. The van der Waals surface area contributed by atoms with Crippen LogP contribution in [0.25, 0.3) is 50.1 Å². The maximum absolute atomic E-state index is 4.99. The van der Waals surface area contributed by atoms with Crippen LogP contribution in [0.1, 0.15) is 36.1 Å². The molecule has 0 atom stereocenters. The molecule has 3 heterocycles. The highest BCUT2D eigenvalue weighted by atomic mass is 14.9. The van der Waals surface area contributed by atoms with Crippen molar-refractivity contribution in [3.05, 3.63) is 119 Å². The fourth-order valence-corrected chi connectivity index (χ4v) is 5.44. The van der Waals surface area contributed by atoms with E-state index in [4.69, 9.17) is 4.98 Å². The quantitative estimate of drug-likeness (QED) is 0.240. The van der Waals surface area contributed by atoms with E-state index in [1.807, 2.05) is 6.20 Å². The molecule has 0 fully saturated rings. The summed E-state index contributed by atoms with van der Waals surface area (Å²) in [5.74, 6) is 0. The summed E-state index contributed by atoms with van der Waals surface area (Å²) in [6.45, 7) is 8.77. The number of fused-ring (bicyclic) bond motifs is 3. The molecule has 3 aromatic carbocycles. The predicted molar refractivity (Wildman–Crippen MR) is 157 cm³/mol. The monoisotopic (exact) mass is 480 g/mol. The van der Waals surface area contributed by atoms with Crippen LogP contribution in [0.15, 0.2) is 97.2 Å². The van der Waals surface area contributed by atoms with Crippen LogP contribution in [0.5, 0.6) is 0 Å². The zero-order valence-corrected chi connectivity index (χ0v) is 22.0. The second-order valence-corrected chi connectivity index (χ2v) is 10.0. The van der Waals surface area contributed by atoms with Crippen LogP contribution in [0.4, 0.5) is 0 Å². The molecule has 0 bridgehead atoms. The van der Waals surface area contributed by atoms with Gasteiger partial charge in [0.15, 0.2) is 0 Å². The summed E-state index contributed by atoms with van der Waals surface area (Å²) >= 11 is 0. The van der Waals surface area contributed by atoms with Crippen molar-refractivity contribution in [1.29, 1.82) is 0 Å². The first-order valence-corrected chi connectivity index (χ1v) is 13.3. The first-order chi connectivity index (χ1) is 18.1. The van der Waals surface area contributed by atoms with Gasteiger partial charge in [-0.05, 0) is 84.3 Å². The number of aryl methyl sites for hydroxylation is 4. The number of rotatable bonds is 5. The Morgan fingerprint density at radius 1 is 0.649 bits per heavy atom. The van der Waals surface area contributed by atoms with Crippen LogP contribution in [0.3, 0.4) is 0 Å². The van der Waals surface area contributed by atoms with Gasteiger partial charge in [-0.15, -0.1) is 0 Å². The van der Waals surface area contributed by atoms with Gasteiger partial charge in [0.1, 0.15) is 0 Å². The molecule has 2 nitrogen and oxygen atoms in total. The largest absolute Gasteiger partial charge is 0.309 e. The lowest BCUT2D eigenvalue weighted by molar-refractivity contribution is 1.14. The van der Waals surface area contributed by atoms with Gasteiger partial charge in [-0.25, -0.2) is 0 Å². The normalized spacial score (nSPS) is 11.5. The van der Waals surface area contributed by atoms with Gasteiger partial charge < -0.3 is 4.40 Å². The minimum Gasteiger partial charge on any atom is -0.309 e. The molecule has 0 spiro atoms. The highest BCUT2D eigenvalue weighted by molar-refractivity contribution is 5.97. The first kappa shape index (κ1) is 23.2. The summed E-state index contributed by atoms with van der Waals surface area (Å²) in [6.07, 6.45) is 4.06. The third-order valence-corrected chi connectivity index (χ3v) is 7.63. The van der Waals surface area contributed by atoms with Crippen molar-refractivity contribution in [3.8, 4) is 33.6 Å². The summed E-state index contributed by atoms with van der Waals surface area (Å²) < 4.78 is 2.43. The third kappa shape index (κ3) is 4.03. The Balaban J connectivity index is 1.69. The highest BCUT2D eigenvalue weighted by Gasteiger charge is 2.18. The van der Waals surface area contributed by atoms with Crippen molar-refractivity contribution in [2.45, 2.75) is 40.5 Å². The molecule has 0 radical (unpaired) electrons. The van der Waals surface area contributed by atoms with Gasteiger partial charge in [0.05, 0.1) is 22.4 Å². The Hall–Kier alpha value is -4.17. The summed E-state index contributed by atoms with van der Waals surface area (Å²) in [7, 11) is 0. The van der Waals surface area contributed by atoms with Crippen molar-refractivity contribution >= 4 is 16.4 Å². The summed E-state index contributed by atoms with van der Waals surface area (Å²) in [4.78, 5) is 4.99. The van der Waals surface area contributed by atoms with Crippen LogP contribution >= 0.6 is 0 Å². The number of nitrogens with zero attached hydrogens (tertiary/aromatic N) is 2. The van der Waals surface area contributed by atoms with Gasteiger partial charge in [0, 0.05) is 22.7 Å². The average molecular weight is 481 g/mol. The molecule has 0 saturated heterocycles. The fraction of sp³-hybridized carbons (Fsp3) is 0.171. The van der Waals surface area contributed by atoms with Gasteiger partial charge in [0.25, 0.3) is 0 Å². The number of hydrogen-bond donors (Lipinski definition) is 0. The molecule has 182 valence electrons. The van der Waals surface area contributed by atoms with Crippen LogP contribution in [-0.4, -0.2) is 9.38 Å². The Labute approximate surface area is 219 Å². The van der Waals surface area contributed by atoms with Crippen molar-refractivity contribution in [2.24, 2.45) is 0 Å². The van der Waals surface area contributed by atoms with E-state index in [-0.39, 0.29) is 0 Å². The standard InChI is InChI=1S/C35H32N2/c1-5-25-11-15-27(16-12-25)29-20-33-24(4)30-9-7-8-10-32(30)37(33)34(21-29)31-19-23(3)22-36-35(31)28-17-13-26(6-2)14-18-28/h7-22H,5-6H2,1-4H3. The van der Waals surface area contributed by atoms with Crippen molar-refractivity contribution < 1.29 is 0 Å². The van der Waals surface area contributed by atoms with E-state index in [2.05, 4.69) is 123 Å². The zero-order valence-electron chi connectivity index (χ0n) is 22.0. The molecule has 0 unspecified atom stereocenters. The lowest BCUT2D eigenvalue weighted by atomic mass is 9.97. The number of para-hydroxylation sites is 1. The molecule has 0 amide bonds. The summed E-state index contributed by atoms with van der Waals surface area (Å²) in [5.41, 5.74) is 14.6. The Bertz CT molecular complexity index is 1740. The van der Waals surface area contributed by atoms with Crippen LogP contribution < -0.4 is 0 Å². The molecule has 0 aliphatic heterocycles. The van der Waals surface area contributed by atoms with E-state index in [1.165, 1.54) is 49.9 Å². The van der Waals surface area contributed by atoms with E-state index >= 15 is 0 Å². The minimum atomic E-state index is 1.02. The second-order valence-electron chi connectivity index (χ2n) is 10.0. The molecule has 2 heteroatoms. The Morgan fingerprint density at radius 3 is 1.97 bits per heavy atom. The molecule has 6 aromatic rings. The highest BCUT2D eigenvalue weighted by Crippen LogP contribution is 2.39. The van der Waals surface area contributed by atoms with Crippen LogP contribution in [-0.2, 0) is 12.8 Å². The van der Waals surface area contributed by atoms with E-state index in [0.717, 1.165) is 35.2 Å². The maximum atomic E-state index is 4.99. The molecular weight excluding hydrogens is 448 g/mol. The SMILES string of the molecule is CCc1ccc(-c2cc(-c3cc(C)cnc3-c3ccc(CC)cc3)n3c(c2)c(C)c2ccccc23)cc1. The lowest BCUT2D eigenvalue weighted by Gasteiger charge is -2.16. The van der Waals surface area contributed by atoms with E-state index in [1.54, 1.807) is 0 Å². The fourth-order valence-electron chi connectivity index (χ4n) is 5.44. The number of hydrogen-bond acceptors (Lipinski definition) is 1. The van der Waals surface area contributed by atoms with Gasteiger partial charge in [-0.2, -0.15) is 0 Å². The molecule has 3 aromatic heterocycles.